The van der Waals surface area contributed by atoms with E-state index in [1.807, 2.05) is 20.8 Å². The topological polar surface area (TPSA) is 58.6 Å². The van der Waals surface area contributed by atoms with E-state index in [1.165, 1.54) is 6.07 Å². The van der Waals surface area contributed by atoms with Crippen LogP contribution in [0.1, 0.15) is 31.1 Å². The number of amides is 1. The molecule has 4 nitrogen and oxygen atoms in total. The van der Waals surface area contributed by atoms with Crippen LogP contribution in [-0.2, 0) is 0 Å². The van der Waals surface area contributed by atoms with Crippen LogP contribution in [0.4, 0.5) is 0 Å². The maximum absolute atomic E-state index is 11.3. The third kappa shape index (κ3) is 3.15. The smallest absolute Gasteiger partial charge is 0.251 e. The van der Waals surface area contributed by atoms with E-state index >= 15 is 0 Å². The lowest BCUT2D eigenvalue weighted by molar-refractivity contribution is 0.0962. The van der Waals surface area contributed by atoms with Gasteiger partial charge in [0.15, 0.2) is 11.5 Å². The van der Waals surface area contributed by atoms with Crippen molar-refractivity contribution >= 4 is 5.91 Å². The second kappa shape index (κ2) is 4.43. The Balaban J connectivity index is 2.96. The first-order valence-electron chi connectivity index (χ1n) is 5.07. The lowest BCUT2D eigenvalue weighted by atomic mass is 10.1. The Bertz CT molecular complexity index is 394. The van der Waals surface area contributed by atoms with Crippen molar-refractivity contribution in [1.82, 2.24) is 5.32 Å². The first kappa shape index (κ1) is 12.4. The lowest BCUT2D eigenvalue weighted by Gasteiger charge is -2.21. The third-order valence-electron chi connectivity index (χ3n) is 1.86. The molecule has 1 aromatic carbocycles. The summed E-state index contributed by atoms with van der Waals surface area (Å²) < 4.78 is 5.52. The van der Waals surface area contributed by atoms with Crippen LogP contribution in [0.3, 0.4) is 0 Å². The van der Waals surface area contributed by atoms with Gasteiger partial charge < -0.3 is 15.2 Å². The summed E-state index contributed by atoms with van der Waals surface area (Å²) in [6.45, 7) is 5.66. The minimum absolute atomic E-state index is 0.0315. The average molecular weight is 223 g/mol. The van der Waals surface area contributed by atoms with Crippen molar-refractivity contribution in [3.63, 3.8) is 0 Å². The summed E-state index contributed by atoms with van der Waals surface area (Å²) in [4.78, 5) is 11.3. The van der Waals surface area contributed by atoms with Crippen LogP contribution in [-0.4, -0.2) is 23.7 Å². The van der Waals surface area contributed by atoms with Crippen LogP contribution in [0.2, 0.25) is 0 Å². The number of ether oxygens (including phenoxy) is 1. The molecule has 0 heterocycles. The second-order valence-electron chi connectivity index (χ2n) is 4.48. The van der Waals surface area contributed by atoms with Gasteiger partial charge in [-0.1, -0.05) is 0 Å². The van der Waals surface area contributed by atoms with Crippen LogP contribution in [0, 0.1) is 0 Å². The van der Waals surface area contributed by atoms with Gasteiger partial charge in [0.1, 0.15) is 5.60 Å². The quantitative estimate of drug-likeness (QED) is 0.805. The summed E-state index contributed by atoms with van der Waals surface area (Å²) in [6.07, 6.45) is 0. The van der Waals surface area contributed by atoms with E-state index in [9.17, 15) is 9.90 Å². The number of hydrogen-bond acceptors (Lipinski definition) is 3. The summed E-state index contributed by atoms with van der Waals surface area (Å²) in [6, 6.07) is 4.59. The van der Waals surface area contributed by atoms with E-state index in [-0.39, 0.29) is 17.3 Å². The SMILES string of the molecule is CNC(=O)c1ccc(OC(C)(C)C)c(O)c1. The molecule has 0 spiro atoms. The Morgan fingerprint density at radius 3 is 2.44 bits per heavy atom. The molecule has 0 aliphatic rings. The maximum atomic E-state index is 11.3. The fraction of sp³-hybridized carbons (Fsp3) is 0.417. The molecule has 2 N–H and O–H groups in total. The number of carbonyl (C=O) groups is 1. The molecule has 0 aliphatic carbocycles. The first-order valence-corrected chi connectivity index (χ1v) is 5.07. The molecule has 0 fully saturated rings. The van der Waals surface area contributed by atoms with Crippen LogP contribution < -0.4 is 10.1 Å². The van der Waals surface area contributed by atoms with Gasteiger partial charge in [-0.05, 0) is 39.0 Å². The van der Waals surface area contributed by atoms with Crippen molar-refractivity contribution < 1.29 is 14.6 Å². The van der Waals surface area contributed by atoms with Gasteiger partial charge in [-0.25, -0.2) is 0 Å². The Morgan fingerprint density at radius 1 is 1.38 bits per heavy atom. The van der Waals surface area contributed by atoms with Gasteiger partial charge in [-0.15, -0.1) is 0 Å². The molecular weight excluding hydrogens is 206 g/mol. The second-order valence-corrected chi connectivity index (χ2v) is 4.48. The molecule has 0 aliphatic heterocycles. The monoisotopic (exact) mass is 223 g/mol. The zero-order valence-corrected chi connectivity index (χ0v) is 10.00. The Kier molecular flexibility index (Phi) is 3.42. The van der Waals surface area contributed by atoms with E-state index in [2.05, 4.69) is 5.32 Å². The minimum Gasteiger partial charge on any atom is -0.504 e. The van der Waals surface area contributed by atoms with Gasteiger partial charge in [0.05, 0.1) is 0 Å². The lowest BCUT2D eigenvalue weighted by Crippen LogP contribution is -2.23. The zero-order chi connectivity index (χ0) is 12.3. The predicted octanol–water partition coefficient (Wildman–Crippen LogP) is 1.93. The maximum Gasteiger partial charge on any atom is 0.251 e. The van der Waals surface area contributed by atoms with E-state index < -0.39 is 0 Å². The molecule has 0 atom stereocenters. The molecule has 0 unspecified atom stereocenters. The number of nitrogens with one attached hydrogen (secondary N) is 1. The van der Waals surface area contributed by atoms with Gasteiger partial charge in [0.25, 0.3) is 5.91 Å². The molecule has 16 heavy (non-hydrogen) atoms. The molecule has 1 aromatic rings. The standard InChI is InChI=1S/C12H17NO3/c1-12(2,3)16-10-6-5-8(7-9(10)14)11(15)13-4/h5-7,14H,1-4H3,(H,13,15). The summed E-state index contributed by atoms with van der Waals surface area (Å²) in [5, 5.41) is 12.2. The van der Waals surface area contributed by atoms with E-state index in [4.69, 9.17) is 4.74 Å². The summed E-state index contributed by atoms with van der Waals surface area (Å²) in [7, 11) is 1.54. The summed E-state index contributed by atoms with van der Waals surface area (Å²) in [5.41, 5.74) is 0.0210. The number of aromatic hydroxyl groups is 1. The van der Waals surface area contributed by atoms with Crippen molar-refractivity contribution in [2.24, 2.45) is 0 Å². The van der Waals surface area contributed by atoms with Gasteiger partial charge in [-0.3, -0.25) is 4.79 Å². The number of carbonyl (C=O) groups excluding carboxylic acids is 1. The van der Waals surface area contributed by atoms with E-state index in [0.29, 0.717) is 11.3 Å². The van der Waals surface area contributed by atoms with Crippen molar-refractivity contribution in [2.75, 3.05) is 7.05 Å². The molecule has 0 saturated carbocycles. The Hall–Kier alpha value is -1.71. The number of hydrogen-bond donors (Lipinski definition) is 2. The Morgan fingerprint density at radius 2 is 2.00 bits per heavy atom. The van der Waals surface area contributed by atoms with Crippen molar-refractivity contribution in [3.05, 3.63) is 23.8 Å². The molecule has 88 valence electrons. The molecule has 0 aromatic heterocycles. The average Bonchev–Trinajstić information content (AvgIpc) is 2.18. The molecule has 0 bridgehead atoms. The molecule has 0 radical (unpaired) electrons. The van der Waals surface area contributed by atoms with Gasteiger partial charge >= 0.3 is 0 Å². The van der Waals surface area contributed by atoms with E-state index in [0.717, 1.165) is 0 Å². The van der Waals surface area contributed by atoms with Gasteiger partial charge in [0, 0.05) is 12.6 Å². The van der Waals surface area contributed by atoms with Crippen molar-refractivity contribution in [1.29, 1.82) is 0 Å². The third-order valence-corrected chi connectivity index (χ3v) is 1.86. The highest BCUT2D eigenvalue weighted by atomic mass is 16.5. The van der Waals surface area contributed by atoms with Gasteiger partial charge in [-0.2, -0.15) is 0 Å². The van der Waals surface area contributed by atoms with Crippen molar-refractivity contribution in [3.8, 4) is 11.5 Å². The minimum atomic E-state index is -0.383. The highest BCUT2D eigenvalue weighted by Gasteiger charge is 2.15. The van der Waals surface area contributed by atoms with E-state index in [1.54, 1.807) is 19.2 Å². The number of benzene rings is 1. The number of rotatable bonds is 2. The number of phenols is 1. The summed E-state index contributed by atoms with van der Waals surface area (Å²) >= 11 is 0. The molecule has 4 heteroatoms. The van der Waals surface area contributed by atoms with Crippen LogP contribution in [0.5, 0.6) is 11.5 Å². The van der Waals surface area contributed by atoms with Gasteiger partial charge in [0.2, 0.25) is 0 Å². The molecular formula is C12H17NO3. The summed E-state index contributed by atoms with van der Waals surface area (Å²) in [5.74, 6) is 0.105. The highest BCUT2D eigenvalue weighted by Crippen LogP contribution is 2.29. The molecule has 0 saturated heterocycles. The van der Waals surface area contributed by atoms with Crippen molar-refractivity contribution in [2.45, 2.75) is 26.4 Å². The predicted molar refractivity (Wildman–Crippen MR) is 61.9 cm³/mol. The fourth-order valence-electron chi connectivity index (χ4n) is 1.22. The largest absolute Gasteiger partial charge is 0.504 e. The highest BCUT2D eigenvalue weighted by molar-refractivity contribution is 5.94. The van der Waals surface area contributed by atoms with Crippen LogP contribution >= 0.6 is 0 Å². The number of phenolic OH excluding ortho intramolecular Hbond substituents is 1. The van der Waals surface area contributed by atoms with Crippen LogP contribution in [0.15, 0.2) is 18.2 Å². The Labute approximate surface area is 95.2 Å². The molecule has 1 amide bonds. The normalized spacial score (nSPS) is 11.0. The first-order chi connectivity index (χ1) is 7.33. The molecule has 1 rings (SSSR count). The zero-order valence-electron chi connectivity index (χ0n) is 10.00. The fourth-order valence-corrected chi connectivity index (χ4v) is 1.22. The van der Waals surface area contributed by atoms with Crippen LogP contribution in [0.25, 0.3) is 0 Å².